The highest BCUT2D eigenvalue weighted by Crippen LogP contribution is 2.20. The van der Waals surface area contributed by atoms with Crippen molar-refractivity contribution in [3.8, 4) is 11.1 Å². The van der Waals surface area contributed by atoms with E-state index in [0.717, 1.165) is 11.1 Å². The number of rotatable bonds is 4. The van der Waals surface area contributed by atoms with Crippen LogP contribution in [0.1, 0.15) is 15.9 Å². The topological polar surface area (TPSA) is 46.2 Å². The standard InChI is InChI=1S/C16H15NO2/c1-12-2-4-13(5-3-12)14-6-8-15(9-7-14)16(19)17-10-11-18/h2-9,11H,10H2,1H3,(H,17,19). The third kappa shape index (κ3) is 3.28. The Morgan fingerprint density at radius 2 is 1.53 bits per heavy atom. The summed E-state index contributed by atoms with van der Waals surface area (Å²) >= 11 is 0. The van der Waals surface area contributed by atoms with Gasteiger partial charge >= 0.3 is 0 Å². The van der Waals surface area contributed by atoms with Gasteiger partial charge < -0.3 is 10.1 Å². The van der Waals surface area contributed by atoms with Gasteiger partial charge in [0.05, 0.1) is 6.54 Å². The molecule has 2 aromatic rings. The van der Waals surface area contributed by atoms with Crippen LogP contribution in [-0.2, 0) is 4.79 Å². The van der Waals surface area contributed by atoms with Gasteiger partial charge in [-0.3, -0.25) is 4.79 Å². The average molecular weight is 253 g/mol. The Morgan fingerprint density at radius 1 is 1.00 bits per heavy atom. The molecule has 0 bridgehead atoms. The maximum Gasteiger partial charge on any atom is 0.251 e. The third-order valence-electron chi connectivity index (χ3n) is 2.88. The lowest BCUT2D eigenvalue weighted by Crippen LogP contribution is -2.24. The first kappa shape index (κ1) is 13.0. The monoisotopic (exact) mass is 253 g/mol. The van der Waals surface area contributed by atoms with Crippen molar-refractivity contribution in [1.29, 1.82) is 0 Å². The lowest BCUT2D eigenvalue weighted by molar-refractivity contribution is -0.107. The van der Waals surface area contributed by atoms with E-state index in [1.807, 2.05) is 19.1 Å². The third-order valence-corrected chi connectivity index (χ3v) is 2.88. The van der Waals surface area contributed by atoms with Crippen molar-refractivity contribution in [2.75, 3.05) is 6.54 Å². The minimum Gasteiger partial charge on any atom is -0.345 e. The Hall–Kier alpha value is -2.42. The molecule has 2 aromatic carbocycles. The van der Waals surface area contributed by atoms with E-state index in [9.17, 15) is 9.59 Å². The van der Waals surface area contributed by atoms with E-state index >= 15 is 0 Å². The fourth-order valence-electron chi connectivity index (χ4n) is 1.80. The minimum atomic E-state index is -0.234. The van der Waals surface area contributed by atoms with Crippen LogP contribution in [0.4, 0.5) is 0 Å². The molecule has 19 heavy (non-hydrogen) atoms. The number of aldehydes is 1. The summed E-state index contributed by atoms with van der Waals surface area (Å²) in [4.78, 5) is 21.8. The van der Waals surface area contributed by atoms with Crippen LogP contribution in [0.25, 0.3) is 11.1 Å². The van der Waals surface area contributed by atoms with Gasteiger partial charge in [-0.2, -0.15) is 0 Å². The van der Waals surface area contributed by atoms with Crippen molar-refractivity contribution < 1.29 is 9.59 Å². The Bertz CT molecular complexity index is 571. The lowest BCUT2D eigenvalue weighted by Gasteiger charge is -2.05. The predicted octanol–water partition coefficient (Wildman–Crippen LogP) is 2.59. The molecular weight excluding hydrogens is 238 g/mol. The largest absolute Gasteiger partial charge is 0.345 e. The summed E-state index contributed by atoms with van der Waals surface area (Å²) in [5, 5.41) is 2.51. The van der Waals surface area contributed by atoms with Crippen LogP contribution in [0.5, 0.6) is 0 Å². The van der Waals surface area contributed by atoms with Gasteiger partial charge in [0.2, 0.25) is 0 Å². The summed E-state index contributed by atoms with van der Waals surface area (Å²) in [5.74, 6) is -0.234. The van der Waals surface area contributed by atoms with E-state index in [4.69, 9.17) is 0 Å². The zero-order valence-corrected chi connectivity index (χ0v) is 10.7. The Labute approximate surface area is 112 Å². The van der Waals surface area contributed by atoms with Crippen molar-refractivity contribution in [3.63, 3.8) is 0 Å². The molecule has 0 radical (unpaired) electrons. The fourth-order valence-corrected chi connectivity index (χ4v) is 1.80. The molecule has 0 spiro atoms. The molecule has 0 heterocycles. The van der Waals surface area contributed by atoms with E-state index in [0.29, 0.717) is 11.8 Å². The van der Waals surface area contributed by atoms with Crippen LogP contribution in [-0.4, -0.2) is 18.7 Å². The number of hydrogen-bond acceptors (Lipinski definition) is 2. The van der Waals surface area contributed by atoms with Crippen molar-refractivity contribution >= 4 is 12.2 Å². The van der Waals surface area contributed by atoms with Crippen molar-refractivity contribution in [3.05, 3.63) is 59.7 Å². The summed E-state index contributed by atoms with van der Waals surface area (Å²) in [6.45, 7) is 2.09. The summed E-state index contributed by atoms with van der Waals surface area (Å²) < 4.78 is 0. The number of amides is 1. The van der Waals surface area contributed by atoms with Gasteiger partial charge in [0.25, 0.3) is 5.91 Å². The second kappa shape index (κ2) is 5.96. The second-order valence-electron chi connectivity index (χ2n) is 4.32. The highest BCUT2D eigenvalue weighted by Gasteiger charge is 2.04. The SMILES string of the molecule is Cc1ccc(-c2ccc(C(=O)NCC=O)cc2)cc1. The quantitative estimate of drug-likeness (QED) is 0.851. The molecule has 0 fully saturated rings. The van der Waals surface area contributed by atoms with Crippen LogP contribution in [0.15, 0.2) is 48.5 Å². The number of aryl methyl sites for hydroxylation is 1. The van der Waals surface area contributed by atoms with Gasteiger partial charge in [-0.15, -0.1) is 0 Å². The lowest BCUT2D eigenvalue weighted by atomic mass is 10.0. The van der Waals surface area contributed by atoms with Gasteiger partial charge in [-0.25, -0.2) is 0 Å². The molecule has 0 aliphatic carbocycles. The molecule has 0 aromatic heterocycles. The van der Waals surface area contributed by atoms with E-state index in [-0.39, 0.29) is 12.5 Å². The van der Waals surface area contributed by atoms with E-state index in [2.05, 4.69) is 29.6 Å². The number of benzene rings is 2. The van der Waals surface area contributed by atoms with Gasteiger partial charge in [0, 0.05) is 5.56 Å². The predicted molar refractivity (Wildman–Crippen MR) is 75.0 cm³/mol. The highest BCUT2D eigenvalue weighted by atomic mass is 16.2. The molecule has 0 saturated carbocycles. The summed E-state index contributed by atoms with van der Waals surface area (Å²) in [5.41, 5.74) is 3.95. The average Bonchev–Trinajstić information content (AvgIpc) is 2.46. The maximum atomic E-state index is 11.6. The Kier molecular flexibility index (Phi) is 4.08. The number of carbonyl (C=O) groups is 2. The number of nitrogens with one attached hydrogen (secondary N) is 1. The van der Waals surface area contributed by atoms with Crippen LogP contribution in [0.2, 0.25) is 0 Å². The zero-order valence-electron chi connectivity index (χ0n) is 10.7. The molecule has 3 nitrogen and oxygen atoms in total. The first-order valence-electron chi connectivity index (χ1n) is 6.09. The van der Waals surface area contributed by atoms with Gasteiger partial charge in [-0.05, 0) is 30.2 Å². The Morgan fingerprint density at radius 3 is 2.05 bits per heavy atom. The van der Waals surface area contributed by atoms with Crippen LogP contribution in [0.3, 0.4) is 0 Å². The van der Waals surface area contributed by atoms with Crippen LogP contribution >= 0.6 is 0 Å². The summed E-state index contributed by atoms with van der Waals surface area (Å²) in [7, 11) is 0. The number of carbonyl (C=O) groups excluding carboxylic acids is 2. The molecule has 0 aliphatic rings. The smallest absolute Gasteiger partial charge is 0.251 e. The molecule has 2 rings (SSSR count). The van der Waals surface area contributed by atoms with Gasteiger partial charge in [0.15, 0.2) is 0 Å². The molecule has 0 saturated heterocycles. The molecule has 0 unspecified atom stereocenters. The van der Waals surface area contributed by atoms with E-state index in [1.54, 1.807) is 12.1 Å². The second-order valence-corrected chi connectivity index (χ2v) is 4.32. The molecule has 3 heteroatoms. The van der Waals surface area contributed by atoms with Crippen LogP contribution < -0.4 is 5.32 Å². The highest BCUT2D eigenvalue weighted by molar-refractivity contribution is 5.95. The molecule has 1 N–H and O–H groups in total. The van der Waals surface area contributed by atoms with Crippen molar-refractivity contribution in [2.45, 2.75) is 6.92 Å². The summed E-state index contributed by atoms with van der Waals surface area (Å²) in [6.07, 6.45) is 0.665. The molecule has 0 aliphatic heterocycles. The van der Waals surface area contributed by atoms with Gasteiger partial charge in [0.1, 0.15) is 6.29 Å². The maximum absolute atomic E-state index is 11.6. The normalized spacial score (nSPS) is 9.95. The molecule has 0 atom stereocenters. The van der Waals surface area contributed by atoms with Crippen molar-refractivity contribution in [1.82, 2.24) is 5.32 Å². The van der Waals surface area contributed by atoms with Crippen molar-refractivity contribution in [2.24, 2.45) is 0 Å². The minimum absolute atomic E-state index is 0.0402. The van der Waals surface area contributed by atoms with E-state index in [1.165, 1.54) is 5.56 Å². The van der Waals surface area contributed by atoms with Crippen LogP contribution in [0, 0.1) is 6.92 Å². The Balaban J connectivity index is 2.16. The molecular formula is C16H15NO2. The molecule has 96 valence electrons. The van der Waals surface area contributed by atoms with E-state index < -0.39 is 0 Å². The first-order chi connectivity index (χ1) is 9.20. The van der Waals surface area contributed by atoms with Gasteiger partial charge in [-0.1, -0.05) is 42.0 Å². The fraction of sp³-hybridized carbons (Fsp3) is 0.125. The molecule has 1 amide bonds. The number of hydrogen-bond donors (Lipinski definition) is 1. The zero-order chi connectivity index (χ0) is 13.7. The first-order valence-corrected chi connectivity index (χ1v) is 6.09. The summed E-state index contributed by atoms with van der Waals surface area (Å²) in [6, 6.07) is 15.5.